The number of carboxylic acids is 1. The molecule has 0 fully saturated rings. The van der Waals surface area contributed by atoms with Crippen molar-refractivity contribution in [1.82, 2.24) is 0 Å². The predicted molar refractivity (Wildman–Crippen MR) is 96.7 cm³/mol. The second-order valence-corrected chi connectivity index (χ2v) is 5.70. The van der Waals surface area contributed by atoms with Gasteiger partial charge in [0.2, 0.25) is 0 Å². The van der Waals surface area contributed by atoms with E-state index < -0.39 is 5.97 Å². The van der Waals surface area contributed by atoms with Crippen molar-refractivity contribution < 1.29 is 14.6 Å². The molecule has 0 saturated carbocycles. The molecule has 4 nitrogen and oxygen atoms in total. The third-order valence-corrected chi connectivity index (χ3v) is 3.81. The average Bonchev–Trinajstić information content (AvgIpc) is 2.59. The van der Waals surface area contributed by atoms with Crippen molar-refractivity contribution in [2.24, 2.45) is 0 Å². The standard InChI is InChI=1S/C19H14BrNO3/c1-2-9-24-18-8-3-13(11-17(18)20)10-16(12-21)14-4-6-15(7-5-14)19(22)23/h2-8,10-11H,1,9H2,(H,22,23)/b16-10-. The molecule has 0 aliphatic rings. The van der Waals surface area contributed by atoms with Crippen molar-refractivity contribution >= 4 is 33.5 Å². The minimum absolute atomic E-state index is 0.183. The number of aromatic carboxylic acids is 1. The lowest BCUT2D eigenvalue weighted by atomic mass is 10.0. The quantitative estimate of drug-likeness (QED) is 0.442. The largest absolute Gasteiger partial charge is 0.488 e. The van der Waals surface area contributed by atoms with Crippen LogP contribution in [-0.2, 0) is 0 Å². The molecule has 0 radical (unpaired) electrons. The van der Waals surface area contributed by atoms with Crippen molar-refractivity contribution in [2.45, 2.75) is 0 Å². The van der Waals surface area contributed by atoms with Crippen molar-refractivity contribution in [2.75, 3.05) is 6.61 Å². The van der Waals surface area contributed by atoms with Crippen LogP contribution in [0.3, 0.4) is 0 Å². The molecule has 0 aliphatic heterocycles. The van der Waals surface area contributed by atoms with Crippen molar-refractivity contribution in [1.29, 1.82) is 5.26 Å². The predicted octanol–water partition coefficient (Wildman–Crippen LogP) is 4.78. The van der Waals surface area contributed by atoms with E-state index in [2.05, 4.69) is 28.6 Å². The fourth-order valence-electron chi connectivity index (χ4n) is 2.01. The van der Waals surface area contributed by atoms with Gasteiger partial charge in [0, 0.05) is 0 Å². The highest BCUT2D eigenvalue weighted by molar-refractivity contribution is 9.10. The minimum Gasteiger partial charge on any atom is -0.488 e. The molecule has 0 saturated heterocycles. The molecule has 0 aliphatic carbocycles. The summed E-state index contributed by atoms with van der Waals surface area (Å²) in [6.45, 7) is 4.01. The second kappa shape index (κ2) is 8.14. The lowest BCUT2D eigenvalue weighted by Crippen LogP contribution is -1.95. The molecule has 0 spiro atoms. The highest BCUT2D eigenvalue weighted by Gasteiger charge is 2.06. The zero-order chi connectivity index (χ0) is 17.5. The number of hydrogen-bond acceptors (Lipinski definition) is 3. The van der Waals surface area contributed by atoms with Gasteiger partial charge in [0.15, 0.2) is 0 Å². The van der Waals surface area contributed by atoms with E-state index >= 15 is 0 Å². The van der Waals surface area contributed by atoms with Crippen LogP contribution in [-0.4, -0.2) is 17.7 Å². The fourth-order valence-corrected chi connectivity index (χ4v) is 2.52. The van der Waals surface area contributed by atoms with Crippen LogP contribution in [0.1, 0.15) is 21.5 Å². The van der Waals surface area contributed by atoms with E-state index in [1.165, 1.54) is 12.1 Å². The van der Waals surface area contributed by atoms with Crippen LogP contribution in [0.15, 0.2) is 59.6 Å². The van der Waals surface area contributed by atoms with Crippen molar-refractivity contribution in [3.05, 3.63) is 76.3 Å². The SMILES string of the molecule is C=CCOc1ccc(/C=C(/C#N)c2ccc(C(=O)O)cc2)cc1Br. The van der Waals surface area contributed by atoms with Gasteiger partial charge in [-0.1, -0.05) is 30.9 Å². The molecule has 2 aromatic carbocycles. The summed E-state index contributed by atoms with van der Waals surface area (Å²) in [7, 11) is 0. The van der Waals surface area contributed by atoms with E-state index in [-0.39, 0.29) is 5.56 Å². The van der Waals surface area contributed by atoms with Gasteiger partial charge in [0.05, 0.1) is 21.7 Å². The Labute approximate surface area is 148 Å². The van der Waals surface area contributed by atoms with Gasteiger partial charge in [-0.05, 0) is 57.4 Å². The number of carboxylic acid groups (broad SMARTS) is 1. The van der Waals surface area contributed by atoms with Gasteiger partial charge < -0.3 is 9.84 Å². The first-order chi connectivity index (χ1) is 11.5. The van der Waals surface area contributed by atoms with Gasteiger partial charge in [-0.2, -0.15) is 5.26 Å². The summed E-state index contributed by atoms with van der Waals surface area (Å²) in [6.07, 6.45) is 3.40. The van der Waals surface area contributed by atoms with E-state index in [9.17, 15) is 10.1 Å². The summed E-state index contributed by atoms with van der Waals surface area (Å²) in [5.41, 5.74) is 2.11. The third-order valence-electron chi connectivity index (χ3n) is 3.19. The van der Waals surface area contributed by atoms with Crippen LogP contribution >= 0.6 is 15.9 Å². The zero-order valence-corrected chi connectivity index (χ0v) is 14.3. The number of nitrogens with zero attached hydrogens (tertiary/aromatic N) is 1. The van der Waals surface area contributed by atoms with Crippen LogP contribution < -0.4 is 4.74 Å². The third kappa shape index (κ3) is 4.34. The first-order valence-corrected chi connectivity index (χ1v) is 7.83. The Morgan fingerprint density at radius 3 is 2.46 bits per heavy atom. The second-order valence-electron chi connectivity index (χ2n) is 4.84. The minimum atomic E-state index is -0.997. The summed E-state index contributed by atoms with van der Waals surface area (Å²) >= 11 is 3.43. The summed E-state index contributed by atoms with van der Waals surface area (Å²) in [6, 6.07) is 13.8. The van der Waals surface area contributed by atoms with Crippen LogP contribution in [0.25, 0.3) is 11.6 Å². The average molecular weight is 384 g/mol. The molecular weight excluding hydrogens is 370 g/mol. The van der Waals surface area contributed by atoms with Crippen LogP contribution in [0.2, 0.25) is 0 Å². The summed E-state index contributed by atoms with van der Waals surface area (Å²) < 4.78 is 6.26. The molecule has 2 rings (SSSR count). The molecule has 5 heteroatoms. The number of hydrogen-bond donors (Lipinski definition) is 1. The smallest absolute Gasteiger partial charge is 0.335 e. The molecular formula is C19H14BrNO3. The highest BCUT2D eigenvalue weighted by atomic mass is 79.9. The van der Waals surface area contributed by atoms with Gasteiger partial charge in [0.25, 0.3) is 0 Å². The lowest BCUT2D eigenvalue weighted by molar-refractivity contribution is 0.0697. The van der Waals surface area contributed by atoms with E-state index in [1.807, 2.05) is 18.2 Å². The lowest BCUT2D eigenvalue weighted by Gasteiger charge is -2.07. The van der Waals surface area contributed by atoms with Crippen LogP contribution in [0.5, 0.6) is 5.75 Å². The number of carbonyl (C=O) groups is 1. The number of benzene rings is 2. The zero-order valence-electron chi connectivity index (χ0n) is 12.7. The Balaban J connectivity index is 2.30. The summed E-state index contributed by atoms with van der Waals surface area (Å²) in [5.74, 6) is -0.306. The number of allylic oxidation sites excluding steroid dienone is 1. The van der Waals surface area contributed by atoms with Gasteiger partial charge in [-0.3, -0.25) is 0 Å². The van der Waals surface area contributed by atoms with Crippen LogP contribution in [0, 0.1) is 11.3 Å². The fraction of sp³-hybridized carbons (Fsp3) is 0.0526. The van der Waals surface area contributed by atoms with E-state index in [0.29, 0.717) is 23.5 Å². The molecule has 0 aromatic heterocycles. The topological polar surface area (TPSA) is 70.3 Å². The van der Waals surface area contributed by atoms with Crippen LogP contribution in [0.4, 0.5) is 0 Å². The van der Waals surface area contributed by atoms with E-state index in [1.54, 1.807) is 24.3 Å². The Morgan fingerprint density at radius 2 is 1.92 bits per heavy atom. The first-order valence-electron chi connectivity index (χ1n) is 7.04. The summed E-state index contributed by atoms with van der Waals surface area (Å²) in [4.78, 5) is 10.9. The molecule has 0 unspecified atom stereocenters. The molecule has 0 bridgehead atoms. The Kier molecular flexibility index (Phi) is 5.94. The van der Waals surface area contributed by atoms with E-state index in [0.717, 1.165) is 10.0 Å². The number of halogens is 1. The molecule has 0 amide bonds. The van der Waals surface area contributed by atoms with Crippen molar-refractivity contribution in [3.8, 4) is 11.8 Å². The number of rotatable bonds is 6. The molecule has 120 valence electrons. The number of ether oxygens (including phenoxy) is 1. The first kappa shape index (κ1) is 17.5. The maximum Gasteiger partial charge on any atom is 0.335 e. The van der Waals surface area contributed by atoms with E-state index in [4.69, 9.17) is 9.84 Å². The monoisotopic (exact) mass is 383 g/mol. The van der Waals surface area contributed by atoms with Gasteiger partial charge in [-0.25, -0.2) is 4.79 Å². The maximum atomic E-state index is 10.9. The maximum absolute atomic E-state index is 10.9. The van der Waals surface area contributed by atoms with Crippen molar-refractivity contribution in [3.63, 3.8) is 0 Å². The molecule has 1 N–H and O–H groups in total. The molecule has 0 heterocycles. The molecule has 2 aromatic rings. The van der Waals surface area contributed by atoms with Gasteiger partial charge in [-0.15, -0.1) is 0 Å². The van der Waals surface area contributed by atoms with Gasteiger partial charge >= 0.3 is 5.97 Å². The Morgan fingerprint density at radius 1 is 1.25 bits per heavy atom. The Hall–Kier alpha value is -2.84. The molecule has 24 heavy (non-hydrogen) atoms. The normalized spacial score (nSPS) is 10.8. The van der Waals surface area contributed by atoms with Gasteiger partial charge in [0.1, 0.15) is 12.4 Å². The number of nitriles is 1. The summed E-state index contributed by atoms with van der Waals surface area (Å²) in [5, 5.41) is 18.3. The Bertz CT molecular complexity index is 833. The molecule has 0 atom stereocenters. The highest BCUT2D eigenvalue weighted by Crippen LogP contribution is 2.28.